The molecule has 0 radical (unpaired) electrons. The Bertz CT molecular complexity index is 1890. The minimum absolute atomic E-state index is 0.0295. The SMILES string of the molecule is [2H][C@]1(F)CN2CCC[C@@]2(COc2nc(N3C[C@H]4CC[C@@H](C3)N4)c3ccn(-c4cc(O)cc5ccc(F)c(CC)c45)c(=O)c3n2)C1. The van der Waals surface area contributed by atoms with E-state index in [1.807, 2.05) is 11.8 Å². The Balaban J connectivity index is 1.27. The minimum atomic E-state index is -2.03. The van der Waals surface area contributed by atoms with Gasteiger partial charge in [-0.2, -0.15) is 9.97 Å². The van der Waals surface area contributed by atoms with Gasteiger partial charge in [0, 0.05) is 55.8 Å². The van der Waals surface area contributed by atoms with Crippen molar-refractivity contribution in [2.24, 2.45) is 0 Å². The van der Waals surface area contributed by atoms with Crippen molar-refractivity contribution in [3.05, 3.63) is 58.3 Å². The minimum Gasteiger partial charge on any atom is -0.508 e. The smallest absolute Gasteiger partial charge is 0.319 e. The number of anilines is 1. The molecule has 0 amide bonds. The summed E-state index contributed by atoms with van der Waals surface area (Å²) in [5.74, 6) is 0.181. The number of aromatic nitrogens is 3. The molecule has 4 fully saturated rings. The second-order valence-electron chi connectivity index (χ2n) is 12.8. The molecule has 11 heteroatoms. The number of ether oxygens (including phenoxy) is 1. The molecule has 0 saturated carbocycles. The summed E-state index contributed by atoms with van der Waals surface area (Å²) in [6.07, 6.45) is 3.80. The van der Waals surface area contributed by atoms with Gasteiger partial charge in [0.25, 0.3) is 5.56 Å². The molecule has 2 bridgehead atoms. The number of nitrogens with one attached hydrogen (secondary N) is 1. The fourth-order valence-corrected chi connectivity index (χ4v) is 8.04. The van der Waals surface area contributed by atoms with Crippen LogP contribution in [0.2, 0.25) is 0 Å². The molecule has 44 heavy (non-hydrogen) atoms. The maximum absolute atomic E-state index is 15.0. The molecule has 0 spiro atoms. The zero-order valence-electron chi connectivity index (χ0n) is 25.7. The van der Waals surface area contributed by atoms with Crippen LogP contribution >= 0.6 is 0 Å². The van der Waals surface area contributed by atoms with Crippen LogP contribution in [0, 0.1) is 5.82 Å². The average molecular weight is 604 g/mol. The standard InChI is InChI=1S/C33H36F2N6O3/c1-2-24-26(35)7-4-19-12-23(42)13-27(28(19)24)41-11-8-25-29(31(41)43)37-32(38-30(25)39-16-21-5-6-22(17-39)36-21)44-18-33-9-3-10-40(33)15-20(34)14-33/h4,7-8,11-13,20-22,36,42H,2-3,5-6,9-10,14-18H2,1H3/t20-,21-,22+,33+/m1/s1/i20D. The molecular weight excluding hydrogens is 566 g/mol. The quantitative estimate of drug-likeness (QED) is 0.338. The molecule has 230 valence electrons. The second kappa shape index (κ2) is 10.4. The number of piperazine rings is 1. The van der Waals surface area contributed by atoms with Crippen LogP contribution in [0.3, 0.4) is 0 Å². The van der Waals surface area contributed by atoms with Gasteiger partial charge >= 0.3 is 6.01 Å². The zero-order valence-corrected chi connectivity index (χ0v) is 24.7. The molecule has 0 aliphatic carbocycles. The number of benzene rings is 2. The van der Waals surface area contributed by atoms with Crippen molar-refractivity contribution in [2.75, 3.05) is 37.7 Å². The third-order valence-corrected chi connectivity index (χ3v) is 10.1. The third-order valence-electron chi connectivity index (χ3n) is 10.1. The van der Waals surface area contributed by atoms with Gasteiger partial charge in [-0.15, -0.1) is 0 Å². The van der Waals surface area contributed by atoms with E-state index in [9.17, 15) is 18.7 Å². The van der Waals surface area contributed by atoms with E-state index in [4.69, 9.17) is 11.1 Å². The van der Waals surface area contributed by atoms with E-state index in [-0.39, 0.29) is 42.7 Å². The highest BCUT2D eigenvalue weighted by Crippen LogP contribution is 2.41. The fraction of sp³-hybridized carbons (Fsp3) is 0.485. The number of rotatable bonds is 6. The van der Waals surface area contributed by atoms with Gasteiger partial charge in [-0.05, 0) is 67.8 Å². The van der Waals surface area contributed by atoms with Gasteiger partial charge in [0.05, 0.1) is 18.0 Å². The Labute approximate surface area is 254 Å². The third kappa shape index (κ3) is 4.42. The van der Waals surface area contributed by atoms with Crippen LogP contribution in [0.1, 0.15) is 46.0 Å². The number of alkyl halides is 1. The number of phenols is 1. The number of pyridine rings is 1. The van der Waals surface area contributed by atoms with Gasteiger partial charge in [-0.3, -0.25) is 14.3 Å². The van der Waals surface area contributed by atoms with Crippen molar-refractivity contribution >= 4 is 27.5 Å². The summed E-state index contributed by atoms with van der Waals surface area (Å²) in [6, 6.07) is 8.47. The molecule has 4 aliphatic heterocycles. The Hall–Kier alpha value is -3.83. The van der Waals surface area contributed by atoms with E-state index in [0.29, 0.717) is 64.7 Å². The first kappa shape index (κ1) is 26.6. The molecule has 4 aliphatic rings. The number of hydrogen-bond acceptors (Lipinski definition) is 8. The summed E-state index contributed by atoms with van der Waals surface area (Å²) in [5.41, 5.74) is -0.110. The van der Waals surface area contributed by atoms with Crippen LogP contribution < -0.4 is 20.5 Å². The van der Waals surface area contributed by atoms with Crippen molar-refractivity contribution in [1.82, 2.24) is 24.8 Å². The monoisotopic (exact) mass is 603 g/mol. The highest BCUT2D eigenvalue weighted by atomic mass is 19.1. The maximum atomic E-state index is 15.0. The van der Waals surface area contributed by atoms with Crippen molar-refractivity contribution < 1.29 is 20.0 Å². The Morgan fingerprint density at radius 2 is 2.00 bits per heavy atom. The largest absolute Gasteiger partial charge is 0.508 e. The molecule has 4 aromatic rings. The van der Waals surface area contributed by atoms with E-state index < -0.39 is 17.2 Å². The van der Waals surface area contributed by atoms with Crippen molar-refractivity contribution in [3.63, 3.8) is 0 Å². The Kier molecular flexibility index (Phi) is 6.26. The number of aryl methyl sites for hydroxylation is 1. The van der Waals surface area contributed by atoms with Gasteiger partial charge in [0.1, 0.15) is 35.7 Å². The normalized spacial score (nSPS) is 28.6. The van der Waals surface area contributed by atoms with Crippen LogP contribution in [0.15, 0.2) is 41.3 Å². The molecule has 0 unspecified atom stereocenters. The number of hydrogen-bond donors (Lipinski definition) is 2. The molecule has 6 heterocycles. The van der Waals surface area contributed by atoms with E-state index in [0.717, 1.165) is 32.4 Å². The van der Waals surface area contributed by atoms with Gasteiger partial charge in [-0.1, -0.05) is 13.0 Å². The number of nitrogens with zero attached hydrogens (tertiary/aromatic N) is 5. The van der Waals surface area contributed by atoms with E-state index in [2.05, 4.69) is 15.2 Å². The molecular formula is C33H36F2N6O3. The van der Waals surface area contributed by atoms with Crippen LogP contribution in [0.25, 0.3) is 27.4 Å². The molecule has 2 N–H and O–H groups in total. The highest BCUT2D eigenvalue weighted by Gasteiger charge is 2.49. The summed E-state index contributed by atoms with van der Waals surface area (Å²) >= 11 is 0. The fourth-order valence-electron chi connectivity index (χ4n) is 8.04. The topological polar surface area (TPSA) is 95.8 Å². The Morgan fingerprint density at radius 3 is 2.80 bits per heavy atom. The lowest BCUT2D eigenvalue weighted by Gasteiger charge is -2.34. The first-order valence-corrected chi connectivity index (χ1v) is 15.6. The summed E-state index contributed by atoms with van der Waals surface area (Å²) in [7, 11) is 0. The van der Waals surface area contributed by atoms with Crippen molar-refractivity contribution in [1.29, 1.82) is 0 Å². The molecule has 2 aromatic carbocycles. The average Bonchev–Trinajstić information content (AvgIpc) is 3.63. The predicted octanol–water partition coefficient (Wildman–Crippen LogP) is 4.24. The summed E-state index contributed by atoms with van der Waals surface area (Å²) in [5, 5.41) is 16.0. The molecule has 4 saturated heterocycles. The van der Waals surface area contributed by atoms with Crippen LogP contribution in [-0.4, -0.2) is 81.1 Å². The van der Waals surface area contributed by atoms with Crippen molar-refractivity contribution in [2.45, 2.75) is 69.2 Å². The highest BCUT2D eigenvalue weighted by molar-refractivity contribution is 5.95. The van der Waals surface area contributed by atoms with Gasteiger partial charge in [0.15, 0.2) is 0 Å². The number of halogens is 2. The number of phenolic OH excluding ortho intramolecular Hbond substituents is 1. The van der Waals surface area contributed by atoms with E-state index in [1.165, 1.54) is 16.7 Å². The lowest BCUT2D eigenvalue weighted by Crippen LogP contribution is -2.51. The summed E-state index contributed by atoms with van der Waals surface area (Å²) < 4.78 is 45.5. The Morgan fingerprint density at radius 1 is 1.18 bits per heavy atom. The molecule has 9 nitrogen and oxygen atoms in total. The zero-order chi connectivity index (χ0) is 31.1. The lowest BCUT2D eigenvalue weighted by molar-refractivity contribution is 0.107. The maximum Gasteiger partial charge on any atom is 0.319 e. The number of fused-ring (bicyclic) bond motifs is 5. The van der Waals surface area contributed by atoms with Crippen molar-refractivity contribution in [3.8, 4) is 17.4 Å². The van der Waals surface area contributed by atoms with Gasteiger partial charge in [-0.25, -0.2) is 8.78 Å². The lowest BCUT2D eigenvalue weighted by atomic mass is 9.95. The summed E-state index contributed by atoms with van der Waals surface area (Å²) in [4.78, 5) is 28.0. The van der Waals surface area contributed by atoms with Crippen LogP contribution in [0.4, 0.5) is 14.6 Å². The van der Waals surface area contributed by atoms with Gasteiger partial charge < -0.3 is 20.1 Å². The molecule has 8 rings (SSSR count). The molecule has 2 aromatic heterocycles. The first-order chi connectivity index (χ1) is 21.6. The number of aromatic hydroxyl groups is 1. The van der Waals surface area contributed by atoms with Gasteiger partial charge in [0.2, 0.25) is 0 Å². The van der Waals surface area contributed by atoms with E-state index in [1.54, 1.807) is 24.4 Å². The first-order valence-electron chi connectivity index (χ1n) is 16.1. The predicted molar refractivity (Wildman–Crippen MR) is 164 cm³/mol. The van der Waals surface area contributed by atoms with Crippen LogP contribution in [0.5, 0.6) is 11.8 Å². The molecule has 4 atom stereocenters. The summed E-state index contributed by atoms with van der Waals surface area (Å²) in [6.45, 7) is 4.18. The van der Waals surface area contributed by atoms with Crippen LogP contribution in [-0.2, 0) is 6.42 Å². The van der Waals surface area contributed by atoms with E-state index >= 15 is 0 Å². The second-order valence-corrected chi connectivity index (χ2v) is 12.8.